The minimum atomic E-state index is -3.56. The Morgan fingerprint density at radius 1 is 1.14 bits per heavy atom. The third-order valence-electron chi connectivity index (χ3n) is 5.33. The first-order valence-electron chi connectivity index (χ1n) is 9.47. The molecule has 0 radical (unpaired) electrons. The number of sulfonamides is 1. The van der Waals surface area contributed by atoms with Gasteiger partial charge in [-0.2, -0.15) is 4.72 Å². The Kier molecular flexibility index (Phi) is 5.20. The molecule has 0 bridgehead atoms. The molecule has 0 unspecified atom stereocenters. The van der Waals surface area contributed by atoms with Crippen molar-refractivity contribution < 1.29 is 17.9 Å². The molecule has 2 aliphatic rings. The van der Waals surface area contributed by atoms with Crippen LogP contribution < -0.4 is 20.1 Å². The number of fused-ring (bicyclic) bond motifs is 1. The van der Waals surface area contributed by atoms with Crippen LogP contribution in [0.1, 0.15) is 12.8 Å². The number of methoxy groups -OCH3 is 1. The first-order valence-corrected chi connectivity index (χ1v) is 10.9. The second kappa shape index (κ2) is 7.66. The molecule has 2 aromatic rings. The van der Waals surface area contributed by atoms with Gasteiger partial charge in [0.15, 0.2) is 0 Å². The molecule has 1 spiro atoms. The average molecular weight is 417 g/mol. The number of ether oxygens (including phenoxy) is 1. The number of nitrogens with one attached hydrogen (secondary N) is 3. The molecule has 29 heavy (non-hydrogen) atoms. The highest BCUT2D eigenvalue weighted by Gasteiger charge is 2.43. The van der Waals surface area contributed by atoms with Gasteiger partial charge >= 0.3 is 0 Å². The van der Waals surface area contributed by atoms with E-state index in [1.54, 1.807) is 49.6 Å². The van der Waals surface area contributed by atoms with Gasteiger partial charge in [0.05, 0.1) is 19.3 Å². The zero-order valence-electron chi connectivity index (χ0n) is 16.1. The number of carbonyl (C=O) groups is 1. The molecule has 8 nitrogen and oxygen atoms in total. The molecule has 0 atom stereocenters. The van der Waals surface area contributed by atoms with Crippen molar-refractivity contribution in [2.45, 2.75) is 23.4 Å². The number of carbonyl (C=O) groups excluding carboxylic acids is 1. The smallest absolute Gasteiger partial charge is 0.244 e. The third-order valence-corrected chi connectivity index (χ3v) is 6.93. The van der Waals surface area contributed by atoms with Gasteiger partial charge in [-0.15, -0.1) is 0 Å². The first kappa shape index (κ1) is 19.7. The van der Waals surface area contributed by atoms with Crippen LogP contribution in [0.2, 0.25) is 0 Å². The van der Waals surface area contributed by atoms with E-state index in [-0.39, 0.29) is 17.3 Å². The molecule has 1 amide bonds. The maximum absolute atomic E-state index is 12.6. The lowest BCUT2D eigenvalue weighted by Crippen LogP contribution is -2.62. The Morgan fingerprint density at radius 2 is 1.83 bits per heavy atom. The lowest BCUT2D eigenvalue weighted by molar-refractivity contribution is -0.117. The van der Waals surface area contributed by atoms with E-state index in [9.17, 15) is 13.2 Å². The first-order chi connectivity index (χ1) is 13.9. The monoisotopic (exact) mass is 416 g/mol. The van der Waals surface area contributed by atoms with Gasteiger partial charge in [0, 0.05) is 18.8 Å². The van der Waals surface area contributed by atoms with Crippen molar-refractivity contribution in [2.24, 2.45) is 0 Å². The van der Waals surface area contributed by atoms with Gasteiger partial charge in [-0.25, -0.2) is 8.42 Å². The standard InChI is InChI=1S/C20H24N4O4S/c1-28-16-8-6-15(7-9-16)21-19(25)14-24-12-10-20(11-13-24)22-17-4-2-3-5-18(17)29(26,27)23-20/h2-9,22-23H,10-14H2,1H3,(H,21,25). The second-order valence-corrected chi connectivity index (χ2v) is 9.01. The van der Waals surface area contributed by atoms with Crippen LogP contribution in [0.25, 0.3) is 0 Å². The number of hydrogen-bond acceptors (Lipinski definition) is 6. The summed E-state index contributed by atoms with van der Waals surface area (Å²) in [7, 11) is -1.96. The Hall–Kier alpha value is -2.62. The fraction of sp³-hybridized carbons (Fsp3) is 0.350. The van der Waals surface area contributed by atoms with Crippen LogP contribution in [0, 0.1) is 0 Å². The summed E-state index contributed by atoms with van der Waals surface area (Å²) < 4.78 is 33.2. The highest BCUT2D eigenvalue weighted by atomic mass is 32.2. The van der Waals surface area contributed by atoms with E-state index in [0.29, 0.717) is 37.3 Å². The molecule has 9 heteroatoms. The second-order valence-electron chi connectivity index (χ2n) is 7.36. The van der Waals surface area contributed by atoms with Gasteiger partial charge in [-0.1, -0.05) is 12.1 Å². The van der Waals surface area contributed by atoms with Crippen molar-refractivity contribution in [3.63, 3.8) is 0 Å². The summed E-state index contributed by atoms with van der Waals surface area (Å²) in [5.74, 6) is 0.627. The number of benzene rings is 2. The SMILES string of the molecule is COc1ccc(NC(=O)CN2CCC3(CC2)Nc2ccccc2S(=O)(=O)N3)cc1. The van der Waals surface area contributed by atoms with Crippen molar-refractivity contribution >= 4 is 27.3 Å². The molecular weight excluding hydrogens is 392 g/mol. The van der Waals surface area contributed by atoms with Crippen molar-refractivity contribution in [1.29, 1.82) is 0 Å². The van der Waals surface area contributed by atoms with Crippen LogP contribution in [0.3, 0.4) is 0 Å². The molecule has 1 fully saturated rings. The van der Waals surface area contributed by atoms with E-state index in [2.05, 4.69) is 15.4 Å². The van der Waals surface area contributed by atoms with Crippen molar-refractivity contribution in [3.05, 3.63) is 48.5 Å². The molecule has 2 heterocycles. The molecular formula is C20H24N4O4S. The number of nitrogens with zero attached hydrogens (tertiary/aromatic N) is 1. The summed E-state index contributed by atoms with van der Waals surface area (Å²) in [5, 5.41) is 6.24. The van der Waals surface area contributed by atoms with E-state index in [1.807, 2.05) is 11.0 Å². The molecule has 154 valence electrons. The molecule has 3 N–H and O–H groups in total. The van der Waals surface area contributed by atoms with Crippen LogP contribution in [0.15, 0.2) is 53.4 Å². The van der Waals surface area contributed by atoms with Gasteiger partial charge in [-0.3, -0.25) is 9.69 Å². The highest BCUT2D eigenvalue weighted by Crippen LogP contribution is 2.34. The average Bonchev–Trinajstić information content (AvgIpc) is 2.70. The molecule has 2 aromatic carbocycles. The van der Waals surface area contributed by atoms with Gasteiger partial charge in [0.1, 0.15) is 16.3 Å². The quantitative estimate of drug-likeness (QED) is 0.703. The predicted molar refractivity (Wildman–Crippen MR) is 110 cm³/mol. The van der Waals surface area contributed by atoms with Crippen molar-refractivity contribution in [1.82, 2.24) is 9.62 Å². The van der Waals surface area contributed by atoms with Crippen LogP contribution in [0.4, 0.5) is 11.4 Å². The Morgan fingerprint density at radius 3 is 2.52 bits per heavy atom. The molecule has 4 rings (SSSR count). The maximum atomic E-state index is 12.6. The number of hydrogen-bond donors (Lipinski definition) is 3. The van der Waals surface area contributed by atoms with Crippen molar-refractivity contribution in [3.8, 4) is 5.75 Å². The molecule has 0 aliphatic carbocycles. The lowest BCUT2D eigenvalue weighted by Gasteiger charge is -2.45. The highest BCUT2D eigenvalue weighted by molar-refractivity contribution is 7.89. The number of likely N-dealkylation sites (tertiary alicyclic amines) is 1. The van der Waals surface area contributed by atoms with Gasteiger partial charge in [-0.05, 0) is 49.2 Å². The topological polar surface area (TPSA) is 99.8 Å². The van der Waals surface area contributed by atoms with E-state index >= 15 is 0 Å². The summed E-state index contributed by atoms with van der Waals surface area (Å²) in [6.07, 6.45) is 1.13. The zero-order valence-corrected chi connectivity index (χ0v) is 17.0. The number of anilines is 2. The fourth-order valence-electron chi connectivity index (χ4n) is 3.80. The van der Waals surface area contributed by atoms with Gasteiger partial charge in [0.2, 0.25) is 15.9 Å². The van der Waals surface area contributed by atoms with Crippen molar-refractivity contribution in [2.75, 3.05) is 37.4 Å². The summed E-state index contributed by atoms with van der Waals surface area (Å²) in [6.45, 7) is 1.47. The summed E-state index contributed by atoms with van der Waals surface area (Å²) in [5.41, 5.74) is 0.621. The fourth-order valence-corrected chi connectivity index (χ4v) is 5.34. The Balaban J connectivity index is 1.35. The summed E-state index contributed by atoms with van der Waals surface area (Å²) in [4.78, 5) is 14.7. The maximum Gasteiger partial charge on any atom is 0.244 e. The van der Waals surface area contributed by atoms with Gasteiger partial charge < -0.3 is 15.4 Å². The Labute approximate surface area is 170 Å². The summed E-state index contributed by atoms with van der Waals surface area (Å²) in [6, 6.07) is 14.1. The Bertz CT molecular complexity index is 999. The summed E-state index contributed by atoms with van der Waals surface area (Å²) >= 11 is 0. The zero-order chi connectivity index (χ0) is 20.5. The molecule has 2 aliphatic heterocycles. The third kappa shape index (κ3) is 4.21. The van der Waals surface area contributed by atoms with E-state index in [1.165, 1.54) is 0 Å². The minimum absolute atomic E-state index is 0.103. The van der Waals surface area contributed by atoms with E-state index in [0.717, 1.165) is 5.75 Å². The minimum Gasteiger partial charge on any atom is -0.497 e. The molecule has 0 saturated carbocycles. The van der Waals surface area contributed by atoms with Crippen LogP contribution in [-0.2, 0) is 14.8 Å². The number of rotatable bonds is 4. The lowest BCUT2D eigenvalue weighted by atomic mass is 9.97. The normalized spacial score (nSPS) is 19.8. The molecule has 1 saturated heterocycles. The predicted octanol–water partition coefficient (Wildman–Crippen LogP) is 1.83. The van der Waals surface area contributed by atoms with Crippen LogP contribution in [-0.4, -0.2) is 51.6 Å². The largest absolute Gasteiger partial charge is 0.497 e. The molecule has 0 aromatic heterocycles. The van der Waals surface area contributed by atoms with E-state index < -0.39 is 15.7 Å². The number of para-hydroxylation sites is 1. The number of piperidine rings is 1. The van der Waals surface area contributed by atoms with Crippen LogP contribution >= 0.6 is 0 Å². The number of amides is 1. The van der Waals surface area contributed by atoms with Gasteiger partial charge in [0.25, 0.3) is 0 Å². The van der Waals surface area contributed by atoms with Crippen LogP contribution in [0.5, 0.6) is 5.75 Å². The van der Waals surface area contributed by atoms with E-state index in [4.69, 9.17) is 4.74 Å².